The number of nitrogens with one attached hydrogen (secondary N) is 1. The fraction of sp³-hybridized carbons (Fsp3) is 0.800. The molecule has 1 saturated heterocycles. The van der Waals surface area contributed by atoms with Gasteiger partial charge in [0.2, 0.25) is 0 Å². The van der Waals surface area contributed by atoms with Gasteiger partial charge in [0, 0.05) is 25.1 Å². The Morgan fingerprint density at radius 1 is 1.53 bits per heavy atom. The number of rotatable bonds is 7. The molecule has 0 aromatic heterocycles. The highest BCUT2D eigenvalue weighted by atomic mass is 32.2. The lowest BCUT2D eigenvalue weighted by atomic mass is 10.5. The summed E-state index contributed by atoms with van der Waals surface area (Å²) < 4.78 is 33.7. The Bertz CT molecular complexity index is 325. The van der Waals surface area contributed by atoms with Crippen LogP contribution in [0.3, 0.4) is 0 Å². The molecule has 0 spiro atoms. The van der Waals surface area contributed by atoms with Crippen LogP contribution >= 0.6 is 0 Å². The summed E-state index contributed by atoms with van der Waals surface area (Å²) in [5.74, 6) is 0. The van der Waals surface area contributed by atoms with Gasteiger partial charge in [-0.15, -0.1) is 0 Å². The number of hydrazine groups is 1. The fourth-order valence-corrected chi connectivity index (χ4v) is 2.34. The highest BCUT2D eigenvalue weighted by Gasteiger charge is 2.23. The number of hydrogen-bond acceptors (Lipinski definition) is 6. The van der Waals surface area contributed by atoms with Gasteiger partial charge in [-0.2, -0.15) is 0 Å². The molecular formula is C10H20N2O4S. The molecule has 1 rings (SSSR count). The predicted octanol–water partition coefficient (Wildman–Crippen LogP) is -0.256. The summed E-state index contributed by atoms with van der Waals surface area (Å²) in [6, 6.07) is 0. The van der Waals surface area contributed by atoms with Crippen molar-refractivity contribution in [3.05, 3.63) is 12.0 Å². The minimum atomic E-state index is -3.40. The van der Waals surface area contributed by atoms with Gasteiger partial charge in [0.05, 0.1) is 19.8 Å². The molecular weight excluding hydrogens is 244 g/mol. The zero-order chi connectivity index (χ0) is 12.7. The van der Waals surface area contributed by atoms with Crippen molar-refractivity contribution in [3.8, 4) is 0 Å². The molecule has 17 heavy (non-hydrogen) atoms. The maximum absolute atomic E-state index is 11.6. The topological polar surface area (TPSA) is 67.9 Å². The van der Waals surface area contributed by atoms with E-state index in [2.05, 4.69) is 12.0 Å². The van der Waals surface area contributed by atoms with Gasteiger partial charge >= 0.3 is 0 Å². The van der Waals surface area contributed by atoms with Crippen LogP contribution in [0.15, 0.2) is 12.0 Å². The van der Waals surface area contributed by atoms with Gasteiger partial charge in [0.1, 0.15) is 0 Å². The van der Waals surface area contributed by atoms with Gasteiger partial charge in [-0.1, -0.05) is 6.58 Å². The third kappa shape index (κ3) is 4.72. The van der Waals surface area contributed by atoms with Gasteiger partial charge in [0.15, 0.2) is 15.3 Å². The Morgan fingerprint density at radius 3 is 2.71 bits per heavy atom. The molecule has 1 N–H and O–H groups in total. The monoisotopic (exact) mass is 264 g/mol. The Hall–Kier alpha value is -0.470. The normalized spacial score (nSPS) is 20.1. The quantitative estimate of drug-likeness (QED) is 0.683. The number of nitrogens with zero attached hydrogens (tertiary/aromatic N) is 1. The molecule has 1 heterocycles. The van der Waals surface area contributed by atoms with E-state index >= 15 is 0 Å². The summed E-state index contributed by atoms with van der Waals surface area (Å²) >= 11 is 0. The van der Waals surface area contributed by atoms with E-state index in [0.29, 0.717) is 19.8 Å². The number of ether oxygens (including phenoxy) is 2. The third-order valence-electron chi connectivity index (χ3n) is 2.44. The zero-order valence-corrected chi connectivity index (χ0v) is 10.9. The van der Waals surface area contributed by atoms with Crippen molar-refractivity contribution in [3.63, 3.8) is 0 Å². The van der Waals surface area contributed by atoms with Crippen molar-refractivity contribution in [1.82, 2.24) is 10.4 Å². The first-order valence-electron chi connectivity index (χ1n) is 5.64. The van der Waals surface area contributed by atoms with E-state index < -0.39 is 15.3 Å². The summed E-state index contributed by atoms with van der Waals surface area (Å²) in [5, 5.41) is 2.88. The van der Waals surface area contributed by atoms with Crippen LogP contribution in [-0.4, -0.2) is 58.3 Å². The molecule has 1 fully saturated rings. The average molecular weight is 264 g/mol. The Balaban J connectivity index is 2.46. The molecule has 0 saturated carbocycles. The minimum absolute atomic E-state index is 0.224. The molecule has 0 aromatic carbocycles. The van der Waals surface area contributed by atoms with Crippen LogP contribution in [0.25, 0.3) is 0 Å². The molecule has 0 radical (unpaired) electrons. The smallest absolute Gasteiger partial charge is 0.199 e. The minimum Gasteiger partial charge on any atom is -0.379 e. The lowest BCUT2D eigenvalue weighted by molar-refractivity contribution is 0.00307. The van der Waals surface area contributed by atoms with Gasteiger partial charge in [-0.05, 0) is 6.92 Å². The van der Waals surface area contributed by atoms with Crippen molar-refractivity contribution in [1.29, 1.82) is 0 Å². The van der Waals surface area contributed by atoms with Gasteiger partial charge < -0.3 is 9.47 Å². The van der Waals surface area contributed by atoms with E-state index in [1.165, 1.54) is 0 Å². The highest BCUT2D eigenvalue weighted by molar-refractivity contribution is 7.94. The molecule has 1 unspecified atom stereocenters. The van der Waals surface area contributed by atoms with Crippen LogP contribution in [-0.2, 0) is 19.3 Å². The van der Waals surface area contributed by atoms with Crippen molar-refractivity contribution >= 4 is 9.84 Å². The predicted molar refractivity (Wildman–Crippen MR) is 64.9 cm³/mol. The largest absolute Gasteiger partial charge is 0.379 e. The maximum Gasteiger partial charge on any atom is 0.199 e. The molecule has 100 valence electrons. The molecule has 1 aliphatic rings. The van der Waals surface area contributed by atoms with E-state index in [4.69, 9.17) is 9.47 Å². The first-order chi connectivity index (χ1) is 8.10. The zero-order valence-electron chi connectivity index (χ0n) is 10.1. The number of hydrogen-bond donors (Lipinski definition) is 1. The number of sulfone groups is 1. The van der Waals surface area contributed by atoms with Gasteiger partial charge in [0.25, 0.3) is 0 Å². The number of morpholine rings is 1. The molecule has 0 aromatic rings. The molecule has 7 heteroatoms. The molecule has 1 atom stereocenters. The van der Waals surface area contributed by atoms with Crippen LogP contribution in [0, 0.1) is 0 Å². The van der Waals surface area contributed by atoms with E-state index in [9.17, 15) is 8.42 Å². The lowest BCUT2D eigenvalue weighted by Crippen LogP contribution is -2.49. The van der Waals surface area contributed by atoms with Gasteiger partial charge in [-0.25, -0.2) is 13.4 Å². The summed E-state index contributed by atoms with van der Waals surface area (Å²) in [4.78, 5) is 0. The van der Waals surface area contributed by atoms with E-state index in [0.717, 1.165) is 18.5 Å². The Labute approximate surface area is 102 Å². The summed E-state index contributed by atoms with van der Waals surface area (Å²) in [6.07, 6.45) is 0. The van der Waals surface area contributed by atoms with Gasteiger partial charge in [-0.3, -0.25) is 5.43 Å². The first-order valence-corrected chi connectivity index (χ1v) is 7.25. The summed E-state index contributed by atoms with van der Waals surface area (Å²) in [7, 11) is -3.40. The van der Waals surface area contributed by atoms with Crippen molar-refractivity contribution in [2.45, 2.75) is 12.4 Å². The SMILES string of the molecule is C=CS(=O)(=O)C(CNN1CCOCC1)OCC. The first kappa shape index (κ1) is 14.6. The summed E-state index contributed by atoms with van der Waals surface area (Å²) in [6.45, 7) is 8.43. The van der Waals surface area contributed by atoms with Crippen LogP contribution in [0.4, 0.5) is 0 Å². The molecule has 0 aliphatic carbocycles. The second-order valence-corrected chi connectivity index (χ2v) is 5.64. The van der Waals surface area contributed by atoms with E-state index in [1.54, 1.807) is 6.92 Å². The van der Waals surface area contributed by atoms with Crippen LogP contribution < -0.4 is 5.43 Å². The van der Waals surface area contributed by atoms with Crippen LogP contribution in [0.5, 0.6) is 0 Å². The maximum atomic E-state index is 11.6. The van der Waals surface area contributed by atoms with Crippen LogP contribution in [0.2, 0.25) is 0 Å². The van der Waals surface area contributed by atoms with Crippen molar-refractivity contribution < 1.29 is 17.9 Å². The highest BCUT2D eigenvalue weighted by Crippen LogP contribution is 2.05. The average Bonchev–Trinajstić information content (AvgIpc) is 2.35. The van der Waals surface area contributed by atoms with E-state index in [1.807, 2.05) is 5.01 Å². The lowest BCUT2D eigenvalue weighted by Gasteiger charge is -2.28. The third-order valence-corrected chi connectivity index (χ3v) is 3.94. The Morgan fingerprint density at radius 2 is 2.18 bits per heavy atom. The molecule has 6 nitrogen and oxygen atoms in total. The molecule has 0 amide bonds. The Kier molecular flexibility index (Phi) is 6.07. The van der Waals surface area contributed by atoms with Crippen molar-refractivity contribution in [2.75, 3.05) is 39.5 Å². The van der Waals surface area contributed by atoms with E-state index in [-0.39, 0.29) is 6.54 Å². The standard InChI is InChI=1S/C10H20N2O4S/c1-3-16-10(17(13,14)4-2)9-11-12-5-7-15-8-6-12/h4,10-11H,2-3,5-9H2,1H3. The second-order valence-electron chi connectivity index (χ2n) is 3.60. The second kappa shape index (κ2) is 7.07. The molecule has 0 bridgehead atoms. The molecule has 1 aliphatic heterocycles. The van der Waals surface area contributed by atoms with Crippen molar-refractivity contribution in [2.24, 2.45) is 0 Å². The van der Waals surface area contributed by atoms with Crippen LogP contribution in [0.1, 0.15) is 6.92 Å². The fourth-order valence-electron chi connectivity index (χ4n) is 1.49. The summed E-state index contributed by atoms with van der Waals surface area (Å²) in [5.41, 5.74) is 2.17.